The van der Waals surface area contributed by atoms with E-state index in [0.29, 0.717) is 17.1 Å². The maximum Gasteiger partial charge on any atom is 0.276 e. The first-order valence-electron chi connectivity index (χ1n) is 7.57. The van der Waals surface area contributed by atoms with Gasteiger partial charge in [0.25, 0.3) is 5.69 Å². The van der Waals surface area contributed by atoms with Crippen LogP contribution in [0.1, 0.15) is 5.56 Å². The van der Waals surface area contributed by atoms with E-state index in [1.54, 1.807) is 37.4 Å². The Morgan fingerprint density at radius 3 is 2.56 bits per heavy atom. The van der Waals surface area contributed by atoms with Crippen LogP contribution in [0.25, 0.3) is 6.08 Å². The van der Waals surface area contributed by atoms with E-state index in [2.05, 4.69) is 5.32 Å². The lowest BCUT2D eigenvalue weighted by Gasteiger charge is -2.10. The van der Waals surface area contributed by atoms with Crippen molar-refractivity contribution in [2.45, 2.75) is 0 Å². The van der Waals surface area contributed by atoms with Crippen LogP contribution in [0.2, 0.25) is 0 Å². The fourth-order valence-corrected chi connectivity index (χ4v) is 2.09. The molecule has 0 aromatic heterocycles. The van der Waals surface area contributed by atoms with E-state index in [-0.39, 0.29) is 24.7 Å². The molecule has 0 bridgehead atoms. The Hall–Kier alpha value is -3.35. The van der Waals surface area contributed by atoms with Crippen LogP contribution in [0.5, 0.6) is 11.5 Å². The second-order valence-electron chi connectivity index (χ2n) is 4.94. The standard InChI is InChI=1S/C18H18N2O5/c1-24-16-8-4-5-9-17(16)25-13-12-19-18(21)11-10-14-6-2-3-7-15(14)20(22)23/h2-11H,12-13H2,1H3,(H,19,21)/b11-10+. The van der Waals surface area contributed by atoms with Crippen molar-refractivity contribution >= 4 is 17.7 Å². The molecule has 0 atom stereocenters. The number of ether oxygens (including phenoxy) is 2. The molecule has 0 aliphatic carbocycles. The molecule has 2 aromatic carbocycles. The lowest BCUT2D eigenvalue weighted by Crippen LogP contribution is -2.26. The lowest BCUT2D eigenvalue weighted by molar-refractivity contribution is -0.385. The normalized spacial score (nSPS) is 10.4. The summed E-state index contributed by atoms with van der Waals surface area (Å²) in [5.41, 5.74) is 0.318. The predicted octanol–water partition coefficient (Wildman–Crippen LogP) is 2.81. The van der Waals surface area contributed by atoms with Gasteiger partial charge in [0.15, 0.2) is 11.5 Å². The Morgan fingerprint density at radius 1 is 1.16 bits per heavy atom. The number of benzene rings is 2. The summed E-state index contributed by atoms with van der Waals surface area (Å²) >= 11 is 0. The summed E-state index contributed by atoms with van der Waals surface area (Å²) < 4.78 is 10.7. The van der Waals surface area contributed by atoms with Crippen molar-refractivity contribution in [2.75, 3.05) is 20.3 Å². The number of carbonyl (C=O) groups is 1. The second kappa shape index (κ2) is 9.07. The maximum atomic E-state index is 11.8. The summed E-state index contributed by atoms with van der Waals surface area (Å²) in [7, 11) is 1.55. The Balaban J connectivity index is 1.82. The van der Waals surface area contributed by atoms with E-state index in [9.17, 15) is 14.9 Å². The molecule has 1 amide bonds. The molecule has 7 nitrogen and oxygen atoms in total. The van der Waals surface area contributed by atoms with Gasteiger partial charge in [-0.3, -0.25) is 14.9 Å². The van der Waals surface area contributed by atoms with Crippen molar-refractivity contribution in [3.8, 4) is 11.5 Å². The summed E-state index contributed by atoms with van der Waals surface area (Å²) in [6.45, 7) is 0.559. The highest BCUT2D eigenvalue weighted by molar-refractivity contribution is 5.92. The molecule has 1 N–H and O–H groups in total. The first kappa shape index (κ1) is 18.0. The zero-order chi connectivity index (χ0) is 18.1. The van der Waals surface area contributed by atoms with E-state index < -0.39 is 4.92 Å². The molecule has 0 heterocycles. The van der Waals surface area contributed by atoms with Crippen LogP contribution in [0.15, 0.2) is 54.6 Å². The van der Waals surface area contributed by atoms with Crippen molar-refractivity contribution in [1.29, 1.82) is 0 Å². The molecule has 0 spiro atoms. The van der Waals surface area contributed by atoms with Crippen molar-refractivity contribution in [3.05, 3.63) is 70.3 Å². The first-order chi connectivity index (χ1) is 12.1. The summed E-state index contributed by atoms with van der Waals surface area (Å²) in [5, 5.41) is 13.6. The van der Waals surface area contributed by atoms with Crippen molar-refractivity contribution in [1.82, 2.24) is 5.32 Å². The Labute approximate surface area is 145 Å². The number of nitrogens with one attached hydrogen (secondary N) is 1. The number of nitrogens with zero attached hydrogens (tertiary/aromatic N) is 1. The molecule has 0 saturated carbocycles. The van der Waals surface area contributed by atoms with Gasteiger partial charge in [-0.2, -0.15) is 0 Å². The van der Waals surface area contributed by atoms with Gasteiger partial charge in [0.05, 0.1) is 24.1 Å². The van der Waals surface area contributed by atoms with Crippen LogP contribution >= 0.6 is 0 Å². The monoisotopic (exact) mass is 342 g/mol. The van der Waals surface area contributed by atoms with Crippen molar-refractivity contribution in [3.63, 3.8) is 0 Å². The van der Waals surface area contributed by atoms with Crippen LogP contribution in [0.4, 0.5) is 5.69 Å². The third-order valence-corrected chi connectivity index (χ3v) is 3.28. The first-order valence-corrected chi connectivity index (χ1v) is 7.57. The van der Waals surface area contributed by atoms with Gasteiger partial charge in [0, 0.05) is 12.1 Å². The lowest BCUT2D eigenvalue weighted by atomic mass is 10.1. The second-order valence-corrected chi connectivity index (χ2v) is 4.94. The fraction of sp³-hybridized carbons (Fsp3) is 0.167. The number of methoxy groups -OCH3 is 1. The number of carbonyl (C=O) groups excluding carboxylic acids is 1. The van der Waals surface area contributed by atoms with Gasteiger partial charge in [-0.25, -0.2) is 0 Å². The molecule has 0 radical (unpaired) electrons. The number of nitro groups is 1. The Morgan fingerprint density at radius 2 is 1.84 bits per heavy atom. The number of amides is 1. The molecule has 0 unspecified atom stereocenters. The molecule has 25 heavy (non-hydrogen) atoms. The molecule has 0 saturated heterocycles. The van der Waals surface area contributed by atoms with E-state index in [4.69, 9.17) is 9.47 Å². The minimum absolute atomic E-state index is 0.0499. The van der Waals surface area contributed by atoms with Crippen LogP contribution < -0.4 is 14.8 Å². The number of rotatable bonds is 8. The molecule has 0 fully saturated rings. The average Bonchev–Trinajstić information content (AvgIpc) is 2.64. The van der Waals surface area contributed by atoms with Crippen LogP contribution in [0.3, 0.4) is 0 Å². The number of hydrogen-bond donors (Lipinski definition) is 1. The average molecular weight is 342 g/mol. The Bertz CT molecular complexity index is 774. The highest BCUT2D eigenvalue weighted by Crippen LogP contribution is 2.25. The smallest absolute Gasteiger partial charge is 0.276 e. The quantitative estimate of drug-likeness (QED) is 0.345. The zero-order valence-electron chi connectivity index (χ0n) is 13.7. The molecule has 7 heteroatoms. The van der Waals surface area contributed by atoms with Crippen molar-refractivity contribution in [2.24, 2.45) is 0 Å². The van der Waals surface area contributed by atoms with Crippen LogP contribution in [-0.4, -0.2) is 31.1 Å². The molecular weight excluding hydrogens is 324 g/mol. The molecule has 2 rings (SSSR count). The van der Waals surface area contributed by atoms with Gasteiger partial charge >= 0.3 is 0 Å². The highest BCUT2D eigenvalue weighted by atomic mass is 16.6. The van der Waals surface area contributed by atoms with Gasteiger partial charge in [0.1, 0.15) is 6.61 Å². The highest BCUT2D eigenvalue weighted by Gasteiger charge is 2.09. The summed E-state index contributed by atoms with van der Waals surface area (Å²) in [4.78, 5) is 22.2. The summed E-state index contributed by atoms with van der Waals surface area (Å²) in [6.07, 6.45) is 2.67. The van der Waals surface area contributed by atoms with Gasteiger partial charge in [-0.15, -0.1) is 0 Å². The van der Waals surface area contributed by atoms with Crippen LogP contribution in [-0.2, 0) is 4.79 Å². The zero-order valence-corrected chi connectivity index (χ0v) is 13.7. The summed E-state index contributed by atoms with van der Waals surface area (Å²) in [6, 6.07) is 13.4. The van der Waals surface area contributed by atoms with Gasteiger partial charge in [-0.05, 0) is 24.3 Å². The van der Waals surface area contributed by atoms with E-state index >= 15 is 0 Å². The largest absolute Gasteiger partial charge is 0.493 e. The number of para-hydroxylation sites is 3. The topological polar surface area (TPSA) is 90.7 Å². The minimum Gasteiger partial charge on any atom is -0.493 e. The molecule has 0 aliphatic heterocycles. The minimum atomic E-state index is -0.487. The summed E-state index contributed by atoms with van der Waals surface area (Å²) in [5.74, 6) is 0.849. The van der Waals surface area contributed by atoms with Crippen LogP contribution in [0, 0.1) is 10.1 Å². The van der Waals surface area contributed by atoms with Gasteiger partial charge < -0.3 is 14.8 Å². The molecule has 2 aromatic rings. The van der Waals surface area contributed by atoms with Crippen molar-refractivity contribution < 1.29 is 19.2 Å². The van der Waals surface area contributed by atoms with E-state index in [0.717, 1.165) is 0 Å². The predicted molar refractivity (Wildman–Crippen MR) is 93.6 cm³/mol. The number of hydrogen-bond acceptors (Lipinski definition) is 5. The SMILES string of the molecule is COc1ccccc1OCCNC(=O)/C=C/c1ccccc1[N+](=O)[O-]. The number of nitro benzene ring substituents is 1. The molecular formula is C18H18N2O5. The van der Waals surface area contributed by atoms with E-state index in [1.807, 2.05) is 12.1 Å². The van der Waals surface area contributed by atoms with E-state index in [1.165, 1.54) is 18.2 Å². The van der Waals surface area contributed by atoms with Gasteiger partial charge in [0.2, 0.25) is 5.91 Å². The third kappa shape index (κ3) is 5.35. The third-order valence-electron chi connectivity index (χ3n) is 3.28. The fourth-order valence-electron chi connectivity index (χ4n) is 2.09. The Kier molecular flexibility index (Phi) is 6.53. The molecule has 130 valence electrons. The molecule has 0 aliphatic rings. The van der Waals surface area contributed by atoms with Gasteiger partial charge in [-0.1, -0.05) is 24.3 Å². The maximum absolute atomic E-state index is 11.8.